The molecule has 114 valence electrons. The highest BCUT2D eigenvalue weighted by Gasteiger charge is 2.26. The zero-order chi connectivity index (χ0) is 15.0. The van der Waals surface area contributed by atoms with E-state index in [0.29, 0.717) is 12.3 Å². The zero-order valence-corrected chi connectivity index (χ0v) is 13.0. The number of nitrogens with one attached hydrogen (secondary N) is 1. The molecule has 0 fully saturated rings. The van der Waals surface area contributed by atoms with Crippen LogP contribution in [0.25, 0.3) is 0 Å². The van der Waals surface area contributed by atoms with Crippen molar-refractivity contribution >= 4 is 15.9 Å². The molecule has 1 N–H and O–H groups in total. The molecule has 0 aliphatic carbocycles. The Morgan fingerprint density at radius 3 is 2.70 bits per heavy atom. The summed E-state index contributed by atoms with van der Waals surface area (Å²) in [4.78, 5) is 0. The van der Waals surface area contributed by atoms with E-state index < -0.39 is 12.6 Å². The molecular formula is C14H19BrF3NO. The van der Waals surface area contributed by atoms with Crippen LogP contribution in [0.1, 0.15) is 31.7 Å². The standard InChI is InChI=1S/C14H19BrF3NO/c1-2-8-19-10-11-5-3-6-12(15)13(11)20-9-4-7-14(16,17)18/h3,5-6,19H,2,4,7-10H2,1H3. The van der Waals surface area contributed by atoms with Gasteiger partial charge in [0.25, 0.3) is 0 Å². The third-order valence-corrected chi connectivity index (χ3v) is 3.27. The second kappa shape index (κ2) is 8.52. The van der Waals surface area contributed by atoms with Gasteiger partial charge in [-0.3, -0.25) is 0 Å². The van der Waals surface area contributed by atoms with Gasteiger partial charge in [0.1, 0.15) is 5.75 Å². The maximum Gasteiger partial charge on any atom is 0.389 e. The molecule has 0 aliphatic heterocycles. The van der Waals surface area contributed by atoms with Gasteiger partial charge in [0, 0.05) is 18.5 Å². The number of para-hydroxylation sites is 1. The smallest absolute Gasteiger partial charge is 0.389 e. The Balaban J connectivity index is 2.54. The number of hydrogen-bond acceptors (Lipinski definition) is 2. The second-order valence-electron chi connectivity index (χ2n) is 4.47. The van der Waals surface area contributed by atoms with Crippen molar-refractivity contribution in [2.24, 2.45) is 0 Å². The van der Waals surface area contributed by atoms with Crippen LogP contribution in [0.3, 0.4) is 0 Å². The van der Waals surface area contributed by atoms with Crippen molar-refractivity contribution in [1.82, 2.24) is 5.32 Å². The summed E-state index contributed by atoms with van der Waals surface area (Å²) in [6.07, 6.45) is -3.95. The third kappa shape index (κ3) is 6.61. The minimum atomic E-state index is -4.12. The molecule has 0 saturated carbocycles. The summed E-state index contributed by atoms with van der Waals surface area (Å²) >= 11 is 3.37. The number of benzene rings is 1. The Morgan fingerprint density at radius 1 is 1.30 bits per heavy atom. The van der Waals surface area contributed by atoms with Gasteiger partial charge >= 0.3 is 6.18 Å². The summed E-state index contributed by atoms with van der Waals surface area (Å²) in [5, 5.41) is 3.25. The van der Waals surface area contributed by atoms with Gasteiger partial charge in [-0.05, 0) is 41.4 Å². The predicted molar refractivity (Wildman–Crippen MR) is 76.9 cm³/mol. The highest BCUT2D eigenvalue weighted by atomic mass is 79.9. The molecule has 0 amide bonds. The highest BCUT2D eigenvalue weighted by Crippen LogP contribution is 2.30. The molecule has 0 bridgehead atoms. The maximum absolute atomic E-state index is 12.1. The van der Waals surface area contributed by atoms with Crippen LogP contribution in [-0.4, -0.2) is 19.3 Å². The van der Waals surface area contributed by atoms with Gasteiger partial charge < -0.3 is 10.1 Å². The first-order chi connectivity index (χ1) is 9.44. The van der Waals surface area contributed by atoms with Gasteiger partial charge in [0.15, 0.2) is 0 Å². The normalized spacial score (nSPS) is 11.7. The molecule has 0 aromatic heterocycles. The van der Waals surface area contributed by atoms with Crippen LogP contribution in [0.2, 0.25) is 0 Å². The van der Waals surface area contributed by atoms with Gasteiger partial charge in [-0.2, -0.15) is 13.2 Å². The molecule has 0 aliphatic rings. The van der Waals surface area contributed by atoms with Crippen molar-refractivity contribution in [2.45, 2.75) is 38.9 Å². The molecule has 1 aromatic rings. The lowest BCUT2D eigenvalue weighted by Crippen LogP contribution is -2.15. The molecule has 0 heterocycles. The molecule has 0 spiro atoms. The van der Waals surface area contributed by atoms with E-state index in [1.807, 2.05) is 18.2 Å². The number of halogens is 4. The highest BCUT2D eigenvalue weighted by molar-refractivity contribution is 9.10. The summed E-state index contributed by atoms with van der Waals surface area (Å²) < 4.78 is 42.5. The quantitative estimate of drug-likeness (QED) is 0.685. The molecule has 0 radical (unpaired) electrons. The van der Waals surface area contributed by atoms with Crippen molar-refractivity contribution in [1.29, 1.82) is 0 Å². The molecule has 1 aromatic carbocycles. The van der Waals surface area contributed by atoms with Crippen molar-refractivity contribution in [3.8, 4) is 5.75 Å². The third-order valence-electron chi connectivity index (χ3n) is 2.64. The first-order valence-electron chi connectivity index (χ1n) is 6.61. The van der Waals surface area contributed by atoms with Crippen LogP contribution >= 0.6 is 15.9 Å². The average Bonchev–Trinajstić information content (AvgIpc) is 2.36. The van der Waals surface area contributed by atoms with Gasteiger partial charge in [-0.1, -0.05) is 19.1 Å². The van der Waals surface area contributed by atoms with Gasteiger partial charge in [-0.15, -0.1) is 0 Å². The molecular weight excluding hydrogens is 335 g/mol. The van der Waals surface area contributed by atoms with E-state index in [1.165, 1.54) is 0 Å². The fourth-order valence-corrected chi connectivity index (χ4v) is 2.22. The van der Waals surface area contributed by atoms with E-state index in [1.54, 1.807) is 0 Å². The Morgan fingerprint density at radius 2 is 2.05 bits per heavy atom. The second-order valence-corrected chi connectivity index (χ2v) is 5.33. The molecule has 0 atom stereocenters. The van der Waals surface area contributed by atoms with Crippen molar-refractivity contribution in [2.75, 3.05) is 13.2 Å². The van der Waals surface area contributed by atoms with E-state index in [-0.39, 0.29) is 13.0 Å². The Bertz CT molecular complexity index is 410. The van der Waals surface area contributed by atoms with Gasteiger partial charge in [0.2, 0.25) is 0 Å². The lowest BCUT2D eigenvalue weighted by Gasteiger charge is -2.14. The molecule has 0 saturated heterocycles. The van der Waals surface area contributed by atoms with Crippen LogP contribution in [0, 0.1) is 0 Å². The van der Waals surface area contributed by atoms with E-state index >= 15 is 0 Å². The Kier molecular flexibility index (Phi) is 7.37. The zero-order valence-electron chi connectivity index (χ0n) is 11.4. The van der Waals surface area contributed by atoms with E-state index in [2.05, 4.69) is 28.2 Å². The summed E-state index contributed by atoms with van der Waals surface area (Å²) in [5.41, 5.74) is 0.944. The minimum absolute atomic E-state index is 0.0351. The molecule has 1 rings (SSSR count). The average molecular weight is 354 g/mol. The fourth-order valence-electron chi connectivity index (χ4n) is 1.70. The molecule has 20 heavy (non-hydrogen) atoms. The van der Waals surface area contributed by atoms with E-state index in [9.17, 15) is 13.2 Å². The van der Waals surface area contributed by atoms with Crippen LogP contribution in [-0.2, 0) is 6.54 Å². The molecule has 6 heteroatoms. The number of hydrogen-bond donors (Lipinski definition) is 1. The van der Waals surface area contributed by atoms with Gasteiger partial charge in [0.05, 0.1) is 11.1 Å². The lowest BCUT2D eigenvalue weighted by atomic mass is 10.2. The Hall–Kier alpha value is -0.750. The lowest BCUT2D eigenvalue weighted by molar-refractivity contribution is -0.136. The summed E-state index contributed by atoms with van der Waals surface area (Å²) in [5.74, 6) is 0.623. The molecule has 0 unspecified atom stereocenters. The van der Waals surface area contributed by atoms with E-state index in [0.717, 1.165) is 23.0 Å². The monoisotopic (exact) mass is 353 g/mol. The molecule has 2 nitrogen and oxygen atoms in total. The van der Waals surface area contributed by atoms with Crippen LogP contribution in [0.4, 0.5) is 13.2 Å². The van der Waals surface area contributed by atoms with Crippen molar-refractivity contribution < 1.29 is 17.9 Å². The number of alkyl halides is 3. The summed E-state index contributed by atoms with van der Waals surface area (Å²) in [6.45, 7) is 3.66. The fraction of sp³-hybridized carbons (Fsp3) is 0.571. The minimum Gasteiger partial charge on any atom is -0.492 e. The predicted octanol–water partition coefficient (Wildman–Crippen LogP) is 4.67. The van der Waals surface area contributed by atoms with Crippen LogP contribution in [0.5, 0.6) is 5.75 Å². The largest absolute Gasteiger partial charge is 0.492 e. The SMILES string of the molecule is CCCNCc1cccc(Br)c1OCCCC(F)(F)F. The Labute approximate surface area is 125 Å². The summed E-state index contributed by atoms with van der Waals surface area (Å²) in [6, 6.07) is 5.62. The van der Waals surface area contributed by atoms with E-state index in [4.69, 9.17) is 4.74 Å². The van der Waals surface area contributed by atoms with Crippen molar-refractivity contribution in [3.05, 3.63) is 28.2 Å². The maximum atomic E-state index is 12.1. The number of ether oxygens (including phenoxy) is 1. The number of rotatable bonds is 8. The van der Waals surface area contributed by atoms with Gasteiger partial charge in [-0.25, -0.2) is 0 Å². The van der Waals surface area contributed by atoms with Crippen LogP contribution < -0.4 is 10.1 Å². The first kappa shape index (κ1) is 17.3. The summed E-state index contributed by atoms with van der Waals surface area (Å²) in [7, 11) is 0. The first-order valence-corrected chi connectivity index (χ1v) is 7.41. The van der Waals surface area contributed by atoms with Crippen LogP contribution in [0.15, 0.2) is 22.7 Å². The topological polar surface area (TPSA) is 21.3 Å². The van der Waals surface area contributed by atoms with Crippen molar-refractivity contribution in [3.63, 3.8) is 0 Å².